The van der Waals surface area contributed by atoms with Crippen LogP contribution < -0.4 is 11.3 Å². The first kappa shape index (κ1) is 12.2. The number of halogens is 1. The normalized spacial score (nSPS) is 10.7. The van der Waals surface area contributed by atoms with Gasteiger partial charge in [0.2, 0.25) is 5.56 Å². The molecule has 0 aliphatic heterocycles. The second kappa shape index (κ2) is 4.65. The van der Waals surface area contributed by atoms with Crippen LogP contribution in [0.2, 0.25) is 0 Å². The van der Waals surface area contributed by atoms with E-state index in [-0.39, 0.29) is 22.7 Å². The van der Waals surface area contributed by atoms with Crippen molar-refractivity contribution >= 4 is 5.82 Å². The van der Waals surface area contributed by atoms with Gasteiger partial charge in [0.15, 0.2) is 11.6 Å². The summed E-state index contributed by atoms with van der Waals surface area (Å²) in [4.78, 5) is 13.9. The minimum Gasteiger partial charge on any atom is -0.380 e. The van der Waals surface area contributed by atoms with E-state index in [4.69, 9.17) is 10.3 Å². The number of H-pyrrole nitrogens is 1. The second-order valence-electron chi connectivity index (χ2n) is 4.19. The predicted molar refractivity (Wildman–Crippen MR) is 72.4 cm³/mol. The molecule has 3 rings (SSSR count). The molecule has 0 fully saturated rings. The van der Waals surface area contributed by atoms with E-state index >= 15 is 0 Å². The topological polar surface area (TPSA) is 84.9 Å². The number of benzene rings is 1. The van der Waals surface area contributed by atoms with Crippen molar-refractivity contribution in [2.75, 3.05) is 5.73 Å². The Hall–Kier alpha value is -2.89. The van der Waals surface area contributed by atoms with Crippen molar-refractivity contribution in [2.24, 2.45) is 0 Å². The molecular weight excluding hydrogens is 261 g/mol. The summed E-state index contributed by atoms with van der Waals surface area (Å²) in [7, 11) is 0. The van der Waals surface area contributed by atoms with Crippen LogP contribution in [0.15, 0.2) is 51.9 Å². The Morgan fingerprint density at radius 2 is 2.05 bits per heavy atom. The van der Waals surface area contributed by atoms with Crippen LogP contribution in [0.3, 0.4) is 0 Å². The third-order valence-corrected chi connectivity index (χ3v) is 2.90. The van der Waals surface area contributed by atoms with E-state index in [0.29, 0.717) is 11.1 Å². The van der Waals surface area contributed by atoms with Crippen LogP contribution in [0.5, 0.6) is 0 Å². The molecule has 2 heterocycles. The van der Waals surface area contributed by atoms with Gasteiger partial charge in [0.05, 0.1) is 5.56 Å². The van der Waals surface area contributed by atoms with Crippen molar-refractivity contribution in [2.45, 2.75) is 0 Å². The monoisotopic (exact) mass is 271 g/mol. The van der Waals surface area contributed by atoms with E-state index in [2.05, 4.69) is 10.1 Å². The Morgan fingerprint density at radius 3 is 2.80 bits per heavy atom. The average molecular weight is 271 g/mol. The minimum absolute atomic E-state index is 0.0744. The van der Waals surface area contributed by atoms with Crippen LogP contribution in [-0.4, -0.2) is 10.1 Å². The first-order valence-electron chi connectivity index (χ1n) is 5.86. The zero-order valence-electron chi connectivity index (χ0n) is 10.3. The highest BCUT2D eigenvalue weighted by Crippen LogP contribution is 2.37. The van der Waals surface area contributed by atoms with Gasteiger partial charge >= 0.3 is 0 Å². The molecule has 0 atom stereocenters. The Morgan fingerprint density at radius 1 is 1.25 bits per heavy atom. The number of aromatic nitrogens is 2. The molecule has 0 aliphatic rings. The van der Waals surface area contributed by atoms with Crippen LogP contribution >= 0.6 is 0 Å². The molecule has 0 saturated carbocycles. The predicted octanol–water partition coefficient (Wildman–Crippen LogP) is 2.42. The number of nitrogens with one attached hydrogen (secondary N) is 1. The molecule has 1 aromatic carbocycles. The molecule has 100 valence electrons. The number of nitrogens with zero attached hydrogens (tertiary/aromatic N) is 1. The molecule has 5 nitrogen and oxygen atoms in total. The van der Waals surface area contributed by atoms with Crippen LogP contribution in [0.25, 0.3) is 22.5 Å². The first-order chi connectivity index (χ1) is 9.66. The number of nitrogens with two attached hydrogens (primary N) is 1. The van der Waals surface area contributed by atoms with Crippen LogP contribution in [0.1, 0.15) is 0 Å². The molecule has 20 heavy (non-hydrogen) atoms. The number of rotatable bonds is 2. The van der Waals surface area contributed by atoms with Crippen molar-refractivity contribution in [3.8, 4) is 22.5 Å². The maximum atomic E-state index is 13.9. The van der Waals surface area contributed by atoms with Crippen LogP contribution in [-0.2, 0) is 0 Å². The lowest BCUT2D eigenvalue weighted by Gasteiger charge is -2.03. The molecule has 6 heteroatoms. The van der Waals surface area contributed by atoms with Gasteiger partial charge in [0, 0.05) is 23.4 Å². The molecule has 0 radical (unpaired) electrons. The number of aromatic amines is 1. The highest BCUT2D eigenvalue weighted by Gasteiger charge is 2.20. The zero-order valence-corrected chi connectivity index (χ0v) is 10.3. The lowest BCUT2D eigenvalue weighted by atomic mass is 10.0. The highest BCUT2D eigenvalue weighted by molar-refractivity contribution is 5.86. The Kier molecular flexibility index (Phi) is 2.83. The van der Waals surface area contributed by atoms with E-state index in [1.165, 1.54) is 18.3 Å². The summed E-state index contributed by atoms with van der Waals surface area (Å²) in [6.45, 7) is 0. The summed E-state index contributed by atoms with van der Waals surface area (Å²) in [5, 5.41) is 3.66. The maximum absolute atomic E-state index is 13.9. The zero-order chi connectivity index (χ0) is 14.1. The minimum atomic E-state index is -0.437. The van der Waals surface area contributed by atoms with E-state index in [9.17, 15) is 9.18 Å². The summed E-state index contributed by atoms with van der Waals surface area (Å²) in [6.07, 6.45) is 1.47. The lowest BCUT2D eigenvalue weighted by Crippen LogP contribution is -2.02. The van der Waals surface area contributed by atoms with Crippen molar-refractivity contribution < 1.29 is 8.91 Å². The molecule has 0 saturated heterocycles. The average Bonchev–Trinajstić information content (AvgIpc) is 2.81. The van der Waals surface area contributed by atoms with Crippen LogP contribution in [0, 0.1) is 5.82 Å². The molecule has 0 spiro atoms. The van der Waals surface area contributed by atoms with Gasteiger partial charge in [0.25, 0.3) is 0 Å². The van der Waals surface area contributed by atoms with Gasteiger partial charge in [-0.05, 0) is 12.1 Å². The maximum Gasteiger partial charge on any atom is 0.248 e. The van der Waals surface area contributed by atoms with E-state index in [1.807, 2.05) is 0 Å². The van der Waals surface area contributed by atoms with E-state index < -0.39 is 5.82 Å². The van der Waals surface area contributed by atoms with Crippen molar-refractivity contribution in [3.63, 3.8) is 0 Å². The molecular formula is C14H10FN3O2. The largest absolute Gasteiger partial charge is 0.380 e. The lowest BCUT2D eigenvalue weighted by molar-refractivity contribution is 0.436. The first-order valence-corrected chi connectivity index (χ1v) is 5.86. The molecule has 3 aromatic rings. The smallest absolute Gasteiger partial charge is 0.248 e. The quantitative estimate of drug-likeness (QED) is 0.749. The number of anilines is 1. The summed E-state index contributed by atoms with van der Waals surface area (Å²) in [5.74, 6) is -0.0995. The Labute approximate surface area is 112 Å². The van der Waals surface area contributed by atoms with Gasteiger partial charge in [0.1, 0.15) is 5.82 Å². The van der Waals surface area contributed by atoms with Gasteiger partial charge in [-0.3, -0.25) is 4.79 Å². The number of nitrogen functional groups attached to an aromatic ring is 1. The molecule has 3 N–H and O–H groups in total. The molecule has 2 aromatic heterocycles. The molecule has 0 bridgehead atoms. The summed E-state index contributed by atoms with van der Waals surface area (Å²) in [5.41, 5.74) is 6.57. The summed E-state index contributed by atoms with van der Waals surface area (Å²) >= 11 is 0. The van der Waals surface area contributed by atoms with Crippen molar-refractivity contribution in [1.82, 2.24) is 10.1 Å². The number of hydrogen-bond acceptors (Lipinski definition) is 4. The van der Waals surface area contributed by atoms with Gasteiger partial charge in [-0.15, -0.1) is 0 Å². The fourth-order valence-electron chi connectivity index (χ4n) is 2.01. The Bertz CT molecular complexity index is 823. The summed E-state index contributed by atoms with van der Waals surface area (Å²) < 4.78 is 19.1. The van der Waals surface area contributed by atoms with Crippen molar-refractivity contribution in [3.05, 3.63) is 58.8 Å². The van der Waals surface area contributed by atoms with Gasteiger partial charge in [-0.25, -0.2) is 4.39 Å². The summed E-state index contributed by atoms with van der Waals surface area (Å²) in [6, 6.07) is 9.14. The van der Waals surface area contributed by atoms with Gasteiger partial charge in [-0.2, -0.15) is 0 Å². The molecule has 0 unspecified atom stereocenters. The second-order valence-corrected chi connectivity index (χ2v) is 4.19. The van der Waals surface area contributed by atoms with Gasteiger partial charge in [-0.1, -0.05) is 23.4 Å². The van der Waals surface area contributed by atoms with E-state index in [0.717, 1.165) is 0 Å². The Balaban J connectivity index is 2.26. The van der Waals surface area contributed by atoms with Crippen molar-refractivity contribution in [1.29, 1.82) is 0 Å². The van der Waals surface area contributed by atoms with Gasteiger partial charge < -0.3 is 15.2 Å². The third-order valence-electron chi connectivity index (χ3n) is 2.90. The molecule has 0 amide bonds. The van der Waals surface area contributed by atoms with Crippen LogP contribution in [0.4, 0.5) is 10.2 Å². The SMILES string of the molecule is Nc1noc(-c2cc[nH]c(=O)c2)c1-c1ccccc1F. The third kappa shape index (κ3) is 1.97. The fourth-order valence-corrected chi connectivity index (χ4v) is 2.01. The number of pyridine rings is 1. The molecule has 0 aliphatic carbocycles. The standard InChI is InChI=1S/C14H10FN3O2/c15-10-4-2-1-3-9(10)12-13(20-18-14(12)16)8-5-6-17-11(19)7-8/h1-7H,(H2,16,18)(H,17,19). The fraction of sp³-hybridized carbons (Fsp3) is 0. The van der Waals surface area contributed by atoms with E-state index in [1.54, 1.807) is 24.3 Å². The number of hydrogen-bond donors (Lipinski definition) is 2. The highest BCUT2D eigenvalue weighted by atomic mass is 19.1.